The van der Waals surface area contributed by atoms with Crippen LogP contribution in [0.4, 0.5) is 0 Å². The summed E-state index contributed by atoms with van der Waals surface area (Å²) in [6, 6.07) is 9.22. The van der Waals surface area contributed by atoms with Crippen molar-refractivity contribution in [3.8, 4) is 0 Å². The summed E-state index contributed by atoms with van der Waals surface area (Å²) in [7, 11) is 0. The third-order valence-corrected chi connectivity index (χ3v) is 5.31. The Morgan fingerprint density at radius 2 is 1.80 bits per heavy atom. The Bertz CT molecular complexity index is 724. The van der Waals surface area contributed by atoms with Gasteiger partial charge in [0.15, 0.2) is 0 Å². The fourth-order valence-corrected chi connectivity index (χ4v) is 4.14. The second-order valence-electron chi connectivity index (χ2n) is 6.33. The van der Waals surface area contributed by atoms with Crippen molar-refractivity contribution in [2.24, 2.45) is 5.92 Å². The molecule has 0 spiro atoms. The number of benzene rings is 2. The van der Waals surface area contributed by atoms with Gasteiger partial charge in [0.05, 0.1) is 0 Å². The van der Waals surface area contributed by atoms with Crippen LogP contribution in [0.25, 0.3) is 15.8 Å². The van der Waals surface area contributed by atoms with Crippen LogP contribution in [-0.4, -0.2) is 0 Å². The second kappa shape index (κ2) is 4.63. The Balaban J connectivity index is 2.00. The van der Waals surface area contributed by atoms with Gasteiger partial charge in [0.2, 0.25) is 0 Å². The number of aryl methyl sites for hydroxylation is 2. The highest BCUT2D eigenvalue weighted by atomic mass is 35.5. The smallest absolute Gasteiger partial charge is 0.0441 e. The van der Waals surface area contributed by atoms with Crippen molar-refractivity contribution in [2.45, 2.75) is 39.0 Å². The van der Waals surface area contributed by atoms with Gasteiger partial charge in [-0.3, -0.25) is 0 Å². The van der Waals surface area contributed by atoms with Crippen LogP contribution >= 0.6 is 11.6 Å². The van der Waals surface area contributed by atoms with Crippen LogP contribution in [0.1, 0.15) is 42.0 Å². The summed E-state index contributed by atoms with van der Waals surface area (Å²) in [6.07, 6.45) is 8.14. The van der Waals surface area contributed by atoms with Gasteiger partial charge in [-0.05, 0) is 71.0 Å². The molecule has 1 unspecified atom stereocenters. The summed E-state index contributed by atoms with van der Waals surface area (Å²) in [5.41, 5.74) is 5.85. The zero-order valence-electron chi connectivity index (χ0n) is 11.9. The molecular formula is C19H19Cl. The zero-order chi connectivity index (χ0) is 13.7. The molecule has 2 aliphatic rings. The Morgan fingerprint density at radius 1 is 1.00 bits per heavy atom. The molecule has 0 fully saturated rings. The van der Waals surface area contributed by atoms with E-state index in [0.717, 1.165) is 23.8 Å². The van der Waals surface area contributed by atoms with Gasteiger partial charge in [-0.2, -0.15) is 0 Å². The van der Waals surface area contributed by atoms with Gasteiger partial charge in [-0.25, -0.2) is 0 Å². The maximum Gasteiger partial charge on any atom is 0.0441 e. The first-order valence-corrected chi connectivity index (χ1v) is 8.04. The molecule has 0 bridgehead atoms. The maximum absolute atomic E-state index is 6.38. The van der Waals surface area contributed by atoms with Crippen LogP contribution in [0.3, 0.4) is 0 Å². The predicted molar refractivity (Wildman–Crippen MR) is 87.3 cm³/mol. The Morgan fingerprint density at radius 3 is 2.70 bits per heavy atom. The SMILES string of the molecule is CC1CCc2ccc3c4c(ccc3c2C1)C(Cl)=CCC4. The summed E-state index contributed by atoms with van der Waals surface area (Å²) < 4.78 is 0. The van der Waals surface area contributed by atoms with E-state index in [1.807, 2.05) is 0 Å². The van der Waals surface area contributed by atoms with E-state index in [9.17, 15) is 0 Å². The molecule has 0 aromatic heterocycles. The minimum atomic E-state index is 0.813. The average Bonchev–Trinajstić information content (AvgIpc) is 2.47. The molecule has 2 aromatic rings. The number of allylic oxidation sites excluding steroid dienone is 1. The first kappa shape index (κ1) is 12.5. The summed E-state index contributed by atoms with van der Waals surface area (Å²) in [6.45, 7) is 2.37. The van der Waals surface area contributed by atoms with E-state index in [2.05, 4.69) is 37.3 Å². The van der Waals surface area contributed by atoms with Crippen molar-refractivity contribution >= 4 is 27.4 Å². The lowest BCUT2D eigenvalue weighted by Crippen LogP contribution is -2.12. The first-order chi connectivity index (χ1) is 9.74. The van der Waals surface area contributed by atoms with Gasteiger partial charge in [-0.1, -0.05) is 48.9 Å². The molecule has 2 aliphatic carbocycles. The van der Waals surface area contributed by atoms with Crippen LogP contribution in [-0.2, 0) is 19.3 Å². The minimum absolute atomic E-state index is 0.813. The van der Waals surface area contributed by atoms with E-state index in [-0.39, 0.29) is 0 Å². The summed E-state index contributed by atoms with van der Waals surface area (Å²) in [5.74, 6) is 0.813. The molecule has 0 aliphatic heterocycles. The van der Waals surface area contributed by atoms with Crippen molar-refractivity contribution in [3.05, 3.63) is 52.6 Å². The number of fused-ring (bicyclic) bond motifs is 5. The van der Waals surface area contributed by atoms with E-state index in [1.54, 1.807) is 11.1 Å². The molecule has 0 heterocycles. The van der Waals surface area contributed by atoms with Gasteiger partial charge in [-0.15, -0.1) is 0 Å². The third kappa shape index (κ3) is 1.82. The van der Waals surface area contributed by atoms with Gasteiger partial charge in [0, 0.05) is 5.03 Å². The lowest BCUT2D eigenvalue weighted by Gasteiger charge is -2.25. The molecule has 20 heavy (non-hydrogen) atoms. The fourth-order valence-electron chi connectivity index (χ4n) is 3.85. The summed E-state index contributed by atoms with van der Waals surface area (Å²) >= 11 is 6.38. The molecule has 102 valence electrons. The third-order valence-electron chi connectivity index (χ3n) is 4.96. The molecule has 0 saturated carbocycles. The normalized spacial score (nSPS) is 21.3. The number of rotatable bonds is 0. The molecule has 0 nitrogen and oxygen atoms in total. The highest BCUT2D eigenvalue weighted by Gasteiger charge is 2.20. The highest BCUT2D eigenvalue weighted by molar-refractivity contribution is 6.49. The van der Waals surface area contributed by atoms with Crippen molar-refractivity contribution in [2.75, 3.05) is 0 Å². The number of hydrogen-bond acceptors (Lipinski definition) is 0. The van der Waals surface area contributed by atoms with E-state index in [0.29, 0.717) is 0 Å². The van der Waals surface area contributed by atoms with E-state index in [1.165, 1.54) is 41.2 Å². The first-order valence-electron chi connectivity index (χ1n) is 7.66. The largest absolute Gasteiger partial charge is 0.0840 e. The quantitative estimate of drug-likeness (QED) is 0.599. The van der Waals surface area contributed by atoms with Crippen molar-refractivity contribution < 1.29 is 0 Å². The van der Waals surface area contributed by atoms with Gasteiger partial charge < -0.3 is 0 Å². The Kier molecular flexibility index (Phi) is 2.89. The van der Waals surface area contributed by atoms with Gasteiger partial charge in [0.1, 0.15) is 0 Å². The standard InChI is InChI=1S/C19H19Cl/c1-12-5-6-13-7-8-15-14-3-2-4-19(20)17(14)10-9-16(15)18(13)11-12/h4,7-10,12H,2-3,5-6,11H2,1H3. The maximum atomic E-state index is 6.38. The highest BCUT2D eigenvalue weighted by Crippen LogP contribution is 2.38. The van der Waals surface area contributed by atoms with Crippen molar-refractivity contribution in [1.82, 2.24) is 0 Å². The second-order valence-corrected chi connectivity index (χ2v) is 6.74. The molecular weight excluding hydrogens is 264 g/mol. The number of halogens is 1. The van der Waals surface area contributed by atoms with Gasteiger partial charge in [0.25, 0.3) is 0 Å². The van der Waals surface area contributed by atoms with Crippen LogP contribution in [0.2, 0.25) is 0 Å². The molecule has 4 rings (SSSR count). The zero-order valence-corrected chi connectivity index (χ0v) is 12.6. The van der Waals surface area contributed by atoms with Crippen LogP contribution in [0.5, 0.6) is 0 Å². The summed E-state index contributed by atoms with van der Waals surface area (Å²) in [5, 5.41) is 3.83. The monoisotopic (exact) mass is 282 g/mol. The van der Waals surface area contributed by atoms with Crippen LogP contribution < -0.4 is 0 Å². The van der Waals surface area contributed by atoms with Crippen LogP contribution in [0, 0.1) is 5.92 Å². The van der Waals surface area contributed by atoms with Crippen molar-refractivity contribution in [1.29, 1.82) is 0 Å². The lowest BCUT2D eigenvalue weighted by molar-refractivity contribution is 0.504. The predicted octanol–water partition coefficient (Wildman–Crippen LogP) is 5.49. The van der Waals surface area contributed by atoms with Gasteiger partial charge >= 0.3 is 0 Å². The van der Waals surface area contributed by atoms with E-state index < -0.39 is 0 Å². The Labute approximate surface area is 125 Å². The molecule has 0 N–H and O–H groups in total. The lowest BCUT2D eigenvalue weighted by atomic mass is 9.80. The van der Waals surface area contributed by atoms with E-state index >= 15 is 0 Å². The minimum Gasteiger partial charge on any atom is -0.0840 e. The van der Waals surface area contributed by atoms with Crippen molar-refractivity contribution in [3.63, 3.8) is 0 Å². The van der Waals surface area contributed by atoms with E-state index in [4.69, 9.17) is 11.6 Å². The average molecular weight is 283 g/mol. The number of hydrogen-bond donors (Lipinski definition) is 0. The topological polar surface area (TPSA) is 0 Å². The van der Waals surface area contributed by atoms with Crippen LogP contribution in [0.15, 0.2) is 30.3 Å². The molecule has 2 aromatic carbocycles. The fraction of sp³-hybridized carbons (Fsp3) is 0.368. The molecule has 0 saturated heterocycles. The molecule has 0 amide bonds. The molecule has 1 heteroatoms. The molecule has 1 atom stereocenters. The summed E-state index contributed by atoms with van der Waals surface area (Å²) in [4.78, 5) is 0. The molecule has 0 radical (unpaired) electrons. The Hall–Kier alpha value is -1.27.